The maximum Gasteiger partial charge on any atom is 0.257 e. The molecule has 3 aromatic rings. The summed E-state index contributed by atoms with van der Waals surface area (Å²) in [5, 5.41) is 4.92. The largest absolute Gasteiger partial charge is 0.358 e. The Bertz CT molecular complexity index is 1000. The van der Waals surface area contributed by atoms with Gasteiger partial charge in [-0.2, -0.15) is 0 Å². The summed E-state index contributed by atoms with van der Waals surface area (Å²) >= 11 is 1.60. The number of rotatable bonds is 2. The van der Waals surface area contributed by atoms with Gasteiger partial charge < -0.3 is 9.88 Å². The molecule has 0 atom stereocenters. The van der Waals surface area contributed by atoms with Crippen LogP contribution in [-0.2, 0) is 25.8 Å². The Balaban J connectivity index is 1.42. The number of likely N-dealkylation sites (N-methyl/N-ethyl adjacent to an activating group) is 1. The molecule has 1 amide bonds. The Morgan fingerprint density at radius 1 is 1.27 bits per heavy atom. The molecule has 2 aliphatic rings. The topological polar surface area (TPSA) is 61.0 Å². The second-order valence-corrected chi connectivity index (χ2v) is 8.46. The molecule has 1 aliphatic heterocycles. The molecule has 3 heterocycles. The Morgan fingerprint density at radius 3 is 3.08 bits per heavy atom. The minimum atomic E-state index is -0.0721. The van der Waals surface area contributed by atoms with Gasteiger partial charge in [0.05, 0.1) is 5.69 Å². The highest BCUT2D eigenvalue weighted by atomic mass is 32.1. The van der Waals surface area contributed by atoms with E-state index in [1.54, 1.807) is 11.3 Å². The third-order valence-electron chi connectivity index (χ3n) is 5.50. The highest BCUT2D eigenvalue weighted by molar-refractivity contribution is 7.15. The number of amides is 1. The predicted molar refractivity (Wildman–Crippen MR) is 105 cm³/mol. The number of nitrogens with zero attached hydrogens (tertiary/aromatic N) is 2. The Morgan fingerprint density at radius 2 is 2.15 bits per heavy atom. The zero-order valence-corrected chi connectivity index (χ0v) is 15.7. The van der Waals surface area contributed by atoms with E-state index in [-0.39, 0.29) is 5.91 Å². The Kier molecular flexibility index (Phi) is 3.83. The quantitative estimate of drug-likeness (QED) is 0.726. The van der Waals surface area contributed by atoms with E-state index in [1.165, 1.54) is 34.4 Å². The highest BCUT2D eigenvalue weighted by Gasteiger charge is 2.20. The smallest absolute Gasteiger partial charge is 0.257 e. The summed E-state index contributed by atoms with van der Waals surface area (Å²) in [6.45, 7) is 1.95. The molecule has 26 heavy (non-hydrogen) atoms. The van der Waals surface area contributed by atoms with Crippen molar-refractivity contribution in [3.05, 3.63) is 45.6 Å². The van der Waals surface area contributed by atoms with E-state index in [9.17, 15) is 4.79 Å². The van der Waals surface area contributed by atoms with E-state index in [2.05, 4.69) is 27.2 Å². The van der Waals surface area contributed by atoms with E-state index in [0.717, 1.165) is 43.6 Å². The first-order valence-corrected chi connectivity index (χ1v) is 10.1. The number of aromatic amines is 1. The van der Waals surface area contributed by atoms with Crippen molar-refractivity contribution in [2.75, 3.05) is 18.9 Å². The molecule has 0 radical (unpaired) electrons. The number of carbonyl (C=O) groups excluding carboxylic acids is 1. The summed E-state index contributed by atoms with van der Waals surface area (Å²) in [7, 11) is 2.12. The number of fused-ring (bicyclic) bond motifs is 4. The summed E-state index contributed by atoms with van der Waals surface area (Å²) in [5.41, 5.74) is 5.73. The fourth-order valence-corrected chi connectivity index (χ4v) is 5.18. The molecule has 0 unspecified atom stereocenters. The number of benzene rings is 1. The minimum Gasteiger partial charge on any atom is -0.358 e. The van der Waals surface area contributed by atoms with Gasteiger partial charge in [0.1, 0.15) is 0 Å². The van der Waals surface area contributed by atoms with E-state index >= 15 is 0 Å². The zero-order valence-electron chi connectivity index (χ0n) is 14.9. The molecule has 1 aliphatic carbocycles. The normalized spacial score (nSPS) is 17.1. The van der Waals surface area contributed by atoms with Gasteiger partial charge in [-0.25, -0.2) is 4.98 Å². The highest BCUT2D eigenvalue weighted by Crippen LogP contribution is 2.31. The van der Waals surface area contributed by atoms with E-state index < -0.39 is 0 Å². The Hall–Kier alpha value is -2.18. The van der Waals surface area contributed by atoms with Gasteiger partial charge in [-0.05, 0) is 56.5 Å². The van der Waals surface area contributed by atoms with Crippen molar-refractivity contribution in [2.45, 2.75) is 38.6 Å². The predicted octanol–water partition coefficient (Wildman–Crippen LogP) is 3.74. The Labute approximate surface area is 156 Å². The average molecular weight is 366 g/mol. The summed E-state index contributed by atoms with van der Waals surface area (Å²) in [4.78, 5) is 24.5. The molecule has 0 bridgehead atoms. The standard InChI is InChI=1S/C20H22N4OS/c1-24-9-8-17-18(11-24)26-20(22-17)23-19(25)12-6-7-16-14(10-12)13-4-2-3-5-15(13)21-16/h6-7,10,21H,2-5,8-9,11H2,1H3,(H,22,23,25). The molecular formula is C20H22N4OS. The van der Waals surface area contributed by atoms with Gasteiger partial charge in [0.25, 0.3) is 5.91 Å². The van der Waals surface area contributed by atoms with Gasteiger partial charge in [-0.3, -0.25) is 10.1 Å². The van der Waals surface area contributed by atoms with Crippen LogP contribution in [0.5, 0.6) is 0 Å². The zero-order chi connectivity index (χ0) is 17.7. The molecule has 2 N–H and O–H groups in total. The van der Waals surface area contributed by atoms with Crippen molar-refractivity contribution >= 4 is 33.3 Å². The fourth-order valence-electron chi connectivity index (χ4n) is 4.09. The lowest BCUT2D eigenvalue weighted by atomic mass is 9.95. The van der Waals surface area contributed by atoms with Crippen LogP contribution in [0.25, 0.3) is 10.9 Å². The second-order valence-electron chi connectivity index (χ2n) is 7.38. The fraction of sp³-hybridized carbons (Fsp3) is 0.400. The van der Waals surface area contributed by atoms with Gasteiger partial charge in [0, 0.05) is 46.5 Å². The van der Waals surface area contributed by atoms with E-state index in [0.29, 0.717) is 10.7 Å². The van der Waals surface area contributed by atoms with Gasteiger partial charge in [0.2, 0.25) is 0 Å². The van der Waals surface area contributed by atoms with Crippen LogP contribution in [0.2, 0.25) is 0 Å². The van der Waals surface area contributed by atoms with Gasteiger partial charge in [-0.1, -0.05) is 0 Å². The lowest BCUT2D eigenvalue weighted by molar-refractivity contribution is 0.102. The lowest BCUT2D eigenvalue weighted by Crippen LogP contribution is -2.25. The first kappa shape index (κ1) is 16.0. The third kappa shape index (κ3) is 2.73. The molecule has 1 aromatic carbocycles. The van der Waals surface area contributed by atoms with Crippen LogP contribution in [0.3, 0.4) is 0 Å². The number of aromatic nitrogens is 2. The molecule has 0 saturated heterocycles. The molecule has 2 aromatic heterocycles. The maximum absolute atomic E-state index is 12.8. The summed E-state index contributed by atoms with van der Waals surface area (Å²) in [6, 6.07) is 5.97. The van der Waals surface area contributed by atoms with Gasteiger partial charge >= 0.3 is 0 Å². The van der Waals surface area contributed by atoms with Gasteiger partial charge in [0.15, 0.2) is 5.13 Å². The third-order valence-corrected chi connectivity index (χ3v) is 6.50. The molecule has 0 saturated carbocycles. The van der Waals surface area contributed by atoms with Crippen LogP contribution < -0.4 is 5.32 Å². The number of anilines is 1. The van der Waals surface area contributed by atoms with Crippen LogP contribution >= 0.6 is 11.3 Å². The molecule has 134 valence electrons. The van der Waals surface area contributed by atoms with E-state index in [4.69, 9.17) is 0 Å². The molecule has 6 heteroatoms. The van der Waals surface area contributed by atoms with E-state index in [1.807, 2.05) is 18.2 Å². The maximum atomic E-state index is 12.8. The minimum absolute atomic E-state index is 0.0721. The molecule has 5 nitrogen and oxygen atoms in total. The van der Waals surface area contributed by atoms with Crippen LogP contribution in [0.1, 0.15) is 45.0 Å². The summed E-state index contributed by atoms with van der Waals surface area (Å²) < 4.78 is 0. The summed E-state index contributed by atoms with van der Waals surface area (Å²) in [6.07, 6.45) is 5.66. The number of H-pyrrole nitrogens is 1. The molecule has 5 rings (SSSR count). The van der Waals surface area contributed by atoms with Crippen molar-refractivity contribution in [3.63, 3.8) is 0 Å². The number of nitrogens with one attached hydrogen (secondary N) is 2. The number of hydrogen-bond acceptors (Lipinski definition) is 4. The molecular weight excluding hydrogens is 344 g/mol. The van der Waals surface area contributed by atoms with Crippen molar-refractivity contribution in [3.8, 4) is 0 Å². The SMILES string of the molecule is CN1CCc2nc(NC(=O)c3ccc4[nH]c5c(c4c3)CCCC5)sc2C1. The monoisotopic (exact) mass is 366 g/mol. The van der Waals surface area contributed by atoms with Gasteiger partial charge in [-0.15, -0.1) is 11.3 Å². The number of hydrogen-bond donors (Lipinski definition) is 2. The van der Waals surface area contributed by atoms with Crippen molar-refractivity contribution < 1.29 is 4.79 Å². The van der Waals surface area contributed by atoms with Crippen molar-refractivity contribution in [2.24, 2.45) is 0 Å². The molecule has 0 spiro atoms. The first-order valence-electron chi connectivity index (χ1n) is 9.29. The number of carbonyl (C=O) groups is 1. The van der Waals surface area contributed by atoms with Crippen LogP contribution in [0.15, 0.2) is 18.2 Å². The van der Waals surface area contributed by atoms with Crippen LogP contribution in [0.4, 0.5) is 5.13 Å². The average Bonchev–Trinajstić information content (AvgIpc) is 3.21. The lowest BCUT2D eigenvalue weighted by Gasteiger charge is -2.20. The van der Waals surface area contributed by atoms with Crippen LogP contribution in [0, 0.1) is 0 Å². The van der Waals surface area contributed by atoms with Crippen LogP contribution in [-0.4, -0.2) is 34.4 Å². The summed E-state index contributed by atoms with van der Waals surface area (Å²) in [5.74, 6) is -0.0721. The molecule has 0 fully saturated rings. The number of aryl methyl sites for hydroxylation is 2. The number of thiazole rings is 1. The second kappa shape index (κ2) is 6.21. The van der Waals surface area contributed by atoms with Crippen molar-refractivity contribution in [1.82, 2.24) is 14.9 Å². The van der Waals surface area contributed by atoms with Crippen molar-refractivity contribution in [1.29, 1.82) is 0 Å². The first-order chi connectivity index (χ1) is 12.7.